The van der Waals surface area contributed by atoms with Gasteiger partial charge in [-0.2, -0.15) is 0 Å². The second kappa shape index (κ2) is 4.40. The molecule has 5 N–H and O–H groups in total. The van der Waals surface area contributed by atoms with Crippen molar-refractivity contribution in [3.8, 4) is 0 Å². The third-order valence-electron chi connectivity index (χ3n) is 3.46. The summed E-state index contributed by atoms with van der Waals surface area (Å²) in [6.07, 6.45) is -3.75. The number of hydrogen-bond donors (Lipinski definition) is 5. The molecule has 0 aliphatic carbocycles. The van der Waals surface area contributed by atoms with E-state index in [4.69, 9.17) is 9.84 Å². The van der Waals surface area contributed by atoms with Crippen molar-refractivity contribution in [2.24, 2.45) is 0 Å². The summed E-state index contributed by atoms with van der Waals surface area (Å²) in [6, 6.07) is 7.66. The molecule has 1 saturated heterocycles. The molecule has 1 aromatic rings. The Morgan fingerprint density at radius 1 is 1.06 bits per heavy atom. The molecule has 2 aliphatic heterocycles. The van der Waals surface area contributed by atoms with Gasteiger partial charge in [0.25, 0.3) is 0 Å². The predicted octanol–water partition coefficient (Wildman–Crippen LogP) is -0.668. The summed E-state index contributed by atoms with van der Waals surface area (Å²) in [5.41, 5.74) is 1.86. The zero-order chi connectivity index (χ0) is 12.7. The van der Waals surface area contributed by atoms with Crippen molar-refractivity contribution in [2.75, 3.05) is 17.2 Å². The van der Waals surface area contributed by atoms with Crippen LogP contribution in [-0.2, 0) is 4.74 Å². The molecule has 2 heterocycles. The van der Waals surface area contributed by atoms with Gasteiger partial charge in [-0.05, 0) is 12.1 Å². The van der Waals surface area contributed by atoms with Gasteiger partial charge < -0.3 is 30.7 Å². The van der Waals surface area contributed by atoms with Crippen LogP contribution in [0.25, 0.3) is 0 Å². The van der Waals surface area contributed by atoms with Crippen LogP contribution in [-0.4, -0.2) is 52.5 Å². The smallest absolute Gasteiger partial charge is 0.126 e. The number of hydrogen-bond acceptors (Lipinski definition) is 6. The molecular formula is C12H16N2O4. The molecule has 0 radical (unpaired) electrons. The number of ether oxygens (including phenoxy) is 1. The van der Waals surface area contributed by atoms with E-state index in [1.165, 1.54) is 0 Å². The maximum atomic E-state index is 9.93. The van der Waals surface area contributed by atoms with Crippen LogP contribution < -0.4 is 10.6 Å². The highest BCUT2D eigenvalue weighted by atomic mass is 16.6. The van der Waals surface area contributed by atoms with Crippen molar-refractivity contribution in [3.05, 3.63) is 24.3 Å². The molecule has 0 saturated carbocycles. The van der Waals surface area contributed by atoms with Crippen molar-refractivity contribution in [1.29, 1.82) is 0 Å². The van der Waals surface area contributed by atoms with E-state index >= 15 is 0 Å². The molecular weight excluding hydrogens is 236 g/mol. The monoisotopic (exact) mass is 252 g/mol. The van der Waals surface area contributed by atoms with Crippen LogP contribution in [0.5, 0.6) is 0 Å². The lowest BCUT2D eigenvalue weighted by atomic mass is 10.1. The number of fused-ring (bicyclic) bond motifs is 1. The lowest BCUT2D eigenvalue weighted by molar-refractivity contribution is -0.0244. The summed E-state index contributed by atoms with van der Waals surface area (Å²) in [4.78, 5) is 0. The Morgan fingerprint density at radius 3 is 2.17 bits per heavy atom. The first-order chi connectivity index (χ1) is 8.70. The van der Waals surface area contributed by atoms with Gasteiger partial charge in [-0.25, -0.2) is 0 Å². The van der Waals surface area contributed by atoms with Crippen molar-refractivity contribution in [1.82, 2.24) is 0 Å². The van der Waals surface area contributed by atoms with Crippen LogP contribution in [0.2, 0.25) is 0 Å². The SMILES string of the molecule is OC[C@H]1OC(C2Nc3ccccc3N2)[C@H](O)[C@@H]1O. The molecule has 0 aromatic heterocycles. The van der Waals surface area contributed by atoms with Crippen LogP contribution in [0.1, 0.15) is 0 Å². The summed E-state index contributed by atoms with van der Waals surface area (Å²) in [5, 5.41) is 35.1. The zero-order valence-corrected chi connectivity index (χ0v) is 9.65. The molecule has 1 fully saturated rings. The minimum Gasteiger partial charge on any atom is -0.394 e. The number of aliphatic hydroxyl groups is 3. The van der Waals surface area contributed by atoms with Gasteiger partial charge in [0.05, 0.1) is 18.0 Å². The molecule has 98 valence electrons. The van der Waals surface area contributed by atoms with E-state index in [1.807, 2.05) is 24.3 Å². The summed E-state index contributed by atoms with van der Waals surface area (Å²) in [6.45, 7) is -0.311. The maximum Gasteiger partial charge on any atom is 0.126 e. The van der Waals surface area contributed by atoms with Gasteiger partial charge in [0.15, 0.2) is 0 Å². The van der Waals surface area contributed by atoms with Crippen LogP contribution in [0.4, 0.5) is 11.4 Å². The van der Waals surface area contributed by atoms with Gasteiger partial charge >= 0.3 is 0 Å². The molecule has 6 nitrogen and oxygen atoms in total. The number of aliphatic hydroxyl groups excluding tert-OH is 3. The van der Waals surface area contributed by atoms with Crippen molar-refractivity contribution in [3.63, 3.8) is 0 Å². The quantitative estimate of drug-likeness (QED) is 0.479. The van der Waals surface area contributed by atoms with Crippen LogP contribution in [0.3, 0.4) is 0 Å². The van der Waals surface area contributed by atoms with Gasteiger partial charge in [-0.3, -0.25) is 0 Å². The Morgan fingerprint density at radius 2 is 1.67 bits per heavy atom. The molecule has 2 aliphatic rings. The van der Waals surface area contributed by atoms with E-state index < -0.39 is 24.4 Å². The molecule has 3 rings (SSSR count). The highest BCUT2D eigenvalue weighted by Crippen LogP contribution is 2.33. The number of para-hydroxylation sites is 2. The number of benzene rings is 1. The van der Waals surface area contributed by atoms with Crippen molar-refractivity contribution in [2.45, 2.75) is 30.6 Å². The second-order valence-electron chi connectivity index (χ2n) is 4.61. The Kier molecular flexibility index (Phi) is 2.87. The first-order valence-corrected chi connectivity index (χ1v) is 5.95. The van der Waals surface area contributed by atoms with Crippen LogP contribution in [0, 0.1) is 0 Å². The normalized spacial score (nSPS) is 35.1. The van der Waals surface area contributed by atoms with Gasteiger partial charge in [0.1, 0.15) is 30.6 Å². The minimum atomic E-state index is -1.06. The molecule has 1 unspecified atom stereocenters. The van der Waals surface area contributed by atoms with Gasteiger partial charge in [0.2, 0.25) is 0 Å². The summed E-state index contributed by atoms with van der Waals surface area (Å²) in [5.74, 6) is 0. The summed E-state index contributed by atoms with van der Waals surface area (Å²) in [7, 11) is 0. The Bertz CT molecular complexity index is 417. The number of nitrogens with one attached hydrogen (secondary N) is 2. The molecule has 6 heteroatoms. The molecule has 4 atom stereocenters. The molecule has 0 amide bonds. The van der Waals surface area contributed by atoms with Crippen LogP contribution in [0.15, 0.2) is 24.3 Å². The van der Waals surface area contributed by atoms with E-state index in [9.17, 15) is 10.2 Å². The molecule has 1 aromatic carbocycles. The summed E-state index contributed by atoms with van der Waals surface area (Å²) < 4.78 is 5.48. The van der Waals surface area contributed by atoms with E-state index in [-0.39, 0.29) is 12.8 Å². The Hall–Kier alpha value is -1.34. The van der Waals surface area contributed by atoms with E-state index in [2.05, 4.69) is 10.6 Å². The average molecular weight is 252 g/mol. The maximum absolute atomic E-state index is 9.93. The van der Waals surface area contributed by atoms with E-state index in [0.29, 0.717) is 0 Å². The fourth-order valence-corrected chi connectivity index (χ4v) is 2.47. The minimum absolute atomic E-state index is 0.311. The molecule has 0 spiro atoms. The first-order valence-electron chi connectivity index (χ1n) is 5.95. The average Bonchev–Trinajstić information content (AvgIpc) is 2.92. The van der Waals surface area contributed by atoms with Gasteiger partial charge in [-0.15, -0.1) is 0 Å². The molecule has 18 heavy (non-hydrogen) atoms. The van der Waals surface area contributed by atoms with Gasteiger partial charge in [0, 0.05) is 0 Å². The van der Waals surface area contributed by atoms with Crippen molar-refractivity contribution >= 4 is 11.4 Å². The first kappa shape index (κ1) is 11.7. The fourth-order valence-electron chi connectivity index (χ4n) is 2.47. The lowest BCUT2D eigenvalue weighted by Crippen LogP contribution is -2.44. The third kappa shape index (κ3) is 1.74. The molecule has 0 bridgehead atoms. The number of rotatable bonds is 2. The highest BCUT2D eigenvalue weighted by Gasteiger charge is 2.47. The topological polar surface area (TPSA) is 94.0 Å². The zero-order valence-electron chi connectivity index (χ0n) is 9.65. The van der Waals surface area contributed by atoms with E-state index in [0.717, 1.165) is 11.4 Å². The Balaban J connectivity index is 1.75. The van der Waals surface area contributed by atoms with Crippen molar-refractivity contribution < 1.29 is 20.1 Å². The second-order valence-corrected chi connectivity index (χ2v) is 4.61. The predicted molar refractivity (Wildman–Crippen MR) is 65.2 cm³/mol. The lowest BCUT2D eigenvalue weighted by Gasteiger charge is -2.22. The summed E-state index contributed by atoms with van der Waals surface area (Å²) >= 11 is 0. The highest BCUT2D eigenvalue weighted by molar-refractivity contribution is 5.74. The van der Waals surface area contributed by atoms with Gasteiger partial charge in [-0.1, -0.05) is 12.1 Å². The standard InChI is InChI=1S/C12H16N2O4/c15-5-8-9(16)10(17)11(18-8)12-13-6-3-1-2-4-7(6)14-12/h1-4,8-17H,5H2/t8-,9-,10-,11?/m1/s1. The fraction of sp³-hybridized carbons (Fsp3) is 0.500. The number of anilines is 2. The third-order valence-corrected chi connectivity index (χ3v) is 3.46. The largest absolute Gasteiger partial charge is 0.394 e. The van der Waals surface area contributed by atoms with E-state index in [1.54, 1.807) is 0 Å². The van der Waals surface area contributed by atoms with Crippen LogP contribution >= 0.6 is 0 Å². The Labute approximate surface area is 104 Å².